The summed E-state index contributed by atoms with van der Waals surface area (Å²) in [6, 6.07) is 0. The van der Waals surface area contributed by atoms with Gasteiger partial charge in [-0.05, 0) is 18.7 Å². The van der Waals surface area contributed by atoms with E-state index in [1.807, 2.05) is 0 Å². The molecule has 1 saturated heterocycles. The van der Waals surface area contributed by atoms with Gasteiger partial charge in [-0.3, -0.25) is 9.36 Å². The number of phosphoric acid groups is 2. The highest BCUT2D eigenvalue weighted by atomic mass is 32.5. The second kappa shape index (κ2) is 9.60. The van der Waals surface area contributed by atoms with Gasteiger partial charge in [-0.25, -0.2) is 23.4 Å². The van der Waals surface area contributed by atoms with Crippen LogP contribution in [0.1, 0.15) is 12.1 Å². The molecule has 6 N–H and O–H groups in total. The smallest absolute Gasteiger partial charge is 0.387 e. The molecule has 186 valence electrons. The van der Waals surface area contributed by atoms with E-state index in [4.69, 9.17) is 35.4 Å². The molecule has 1 aliphatic heterocycles. The molecule has 6 atom stereocenters. The molecule has 3 heterocycles. The molecule has 2 aromatic rings. The number of aliphatic hydroxyl groups excluding tert-OH is 2. The predicted octanol–water partition coefficient (Wildman–Crippen LogP) is -0.839. The second-order valence-electron chi connectivity index (χ2n) is 6.57. The summed E-state index contributed by atoms with van der Waals surface area (Å²) >= 11 is 4.86. The number of ether oxygens (including phenoxy) is 1. The number of aryl methyl sites for hydroxylation is 1. The number of fused-ring (bicyclic) bond motifs is 1. The molecular formula is C12H19N4O13P3S. The molecule has 1 fully saturated rings. The van der Waals surface area contributed by atoms with Crippen molar-refractivity contribution in [3.8, 4) is 0 Å². The van der Waals surface area contributed by atoms with Crippen molar-refractivity contribution in [2.24, 2.45) is 0 Å². The van der Waals surface area contributed by atoms with E-state index in [0.29, 0.717) is 0 Å². The van der Waals surface area contributed by atoms with Crippen LogP contribution in [0.4, 0.5) is 0 Å². The Morgan fingerprint density at radius 1 is 1.24 bits per heavy atom. The largest absolute Gasteiger partial charge is 0.488 e. The van der Waals surface area contributed by atoms with Gasteiger partial charge in [0.2, 0.25) is 0 Å². The molecule has 0 aromatic carbocycles. The van der Waals surface area contributed by atoms with Crippen LogP contribution in [-0.2, 0) is 43.3 Å². The number of aromatic nitrogens is 4. The van der Waals surface area contributed by atoms with Gasteiger partial charge in [-0.15, -0.1) is 0 Å². The number of H-pyrrole nitrogens is 1. The predicted molar refractivity (Wildman–Crippen MR) is 110 cm³/mol. The summed E-state index contributed by atoms with van der Waals surface area (Å²) in [6.45, 7) is -3.25. The maximum absolute atomic E-state index is 12.0. The Bertz CT molecular complexity index is 1230. The van der Waals surface area contributed by atoms with E-state index in [0.717, 1.165) is 7.11 Å². The first kappa shape index (κ1) is 26.7. The number of nitrogens with zero attached hydrogens (tertiary/aromatic N) is 3. The number of nitrogens with one attached hydrogen (secondary N) is 1. The lowest BCUT2D eigenvalue weighted by atomic mass is 10.1. The fourth-order valence-electron chi connectivity index (χ4n) is 2.87. The molecule has 21 heteroatoms. The van der Waals surface area contributed by atoms with E-state index in [2.05, 4.69) is 23.6 Å². The second-order valence-corrected chi connectivity index (χ2v) is 12.7. The number of aromatic amines is 1. The summed E-state index contributed by atoms with van der Waals surface area (Å²) in [4.78, 5) is 49.4. The van der Waals surface area contributed by atoms with Crippen LogP contribution in [0.25, 0.3) is 11.2 Å². The molecule has 33 heavy (non-hydrogen) atoms. The van der Waals surface area contributed by atoms with Crippen LogP contribution >= 0.6 is 22.4 Å². The molecule has 0 spiro atoms. The van der Waals surface area contributed by atoms with Crippen LogP contribution in [0.2, 0.25) is 0 Å². The van der Waals surface area contributed by atoms with Crippen molar-refractivity contribution in [2.45, 2.75) is 31.5 Å². The molecule has 1 aliphatic rings. The number of aliphatic hydroxyl groups is 2. The maximum Gasteiger partial charge on any atom is 0.488 e. The number of rotatable bonds is 9. The third-order valence-electron chi connectivity index (χ3n) is 4.20. The first-order valence-corrected chi connectivity index (χ1v) is 14.3. The van der Waals surface area contributed by atoms with Crippen LogP contribution in [0, 0.1) is 6.92 Å². The van der Waals surface area contributed by atoms with E-state index < -0.39 is 59.1 Å². The highest BCUT2D eigenvalue weighted by molar-refractivity contribution is 8.09. The highest BCUT2D eigenvalue weighted by Crippen LogP contribution is 2.68. The Balaban J connectivity index is 1.75. The van der Waals surface area contributed by atoms with Gasteiger partial charge in [0, 0.05) is 7.11 Å². The molecule has 0 bridgehead atoms. The minimum Gasteiger partial charge on any atom is -0.387 e. The van der Waals surface area contributed by atoms with E-state index >= 15 is 0 Å². The molecule has 3 unspecified atom stereocenters. The standard InChI is InChI=1S/C12H19N4O13P3S/c1-5-14-10-7(11(19)15-5)13-4-16(10)12-9(18)8(17)6(27-12)3-26-32(33,25-2)29-31(23,24)28-30(20,21)22/h4,6,8-9,12,17-18H,3H2,1-2H3,(H,23,24)(H,14,15,19)(H2,20,21,22)/t6-,8+,9?,12-,32?/m1/s1. The molecule has 0 saturated carbocycles. The summed E-state index contributed by atoms with van der Waals surface area (Å²) in [7, 11) is -9.89. The lowest BCUT2D eigenvalue weighted by molar-refractivity contribution is -0.0490. The minimum atomic E-state index is -5.42. The minimum absolute atomic E-state index is 0.0300. The average molecular weight is 552 g/mol. The Kier molecular flexibility index (Phi) is 7.76. The van der Waals surface area contributed by atoms with Crippen LogP contribution < -0.4 is 5.56 Å². The summed E-state index contributed by atoms with van der Waals surface area (Å²) < 4.78 is 47.4. The molecule has 0 amide bonds. The fourth-order valence-corrected chi connectivity index (χ4v) is 7.17. The van der Waals surface area contributed by atoms with Gasteiger partial charge in [0.05, 0.1) is 12.9 Å². The van der Waals surface area contributed by atoms with Crippen molar-refractivity contribution in [1.29, 1.82) is 0 Å². The van der Waals surface area contributed by atoms with E-state index in [1.165, 1.54) is 17.8 Å². The quantitative estimate of drug-likeness (QED) is 0.208. The summed E-state index contributed by atoms with van der Waals surface area (Å²) in [5.74, 6) is 0.270. The monoisotopic (exact) mass is 552 g/mol. The average Bonchev–Trinajstić information content (AvgIpc) is 3.20. The highest BCUT2D eigenvalue weighted by Gasteiger charge is 2.46. The number of imidazole rings is 1. The lowest BCUT2D eigenvalue weighted by Gasteiger charge is -2.24. The zero-order chi connectivity index (χ0) is 24.8. The van der Waals surface area contributed by atoms with E-state index in [1.54, 1.807) is 0 Å². The van der Waals surface area contributed by atoms with Crippen molar-refractivity contribution in [3.05, 3.63) is 22.5 Å². The molecule has 0 aliphatic carbocycles. The number of hydrogen-bond acceptors (Lipinski definition) is 13. The first-order valence-electron chi connectivity index (χ1n) is 8.71. The fraction of sp³-hybridized carbons (Fsp3) is 0.583. The van der Waals surface area contributed by atoms with Gasteiger partial charge >= 0.3 is 22.4 Å². The third kappa shape index (κ3) is 6.20. The third-order valence-corrected chi connectivity index (χ3v) is 9.77. The van der Waals surface area contributed by atoms with Gasteiger partial charge < -0.3 is 43.7 Å². The Morgan fingerprint density at radius 3 is 2.52 bits per heavy atom. The van der Waals surface area contributed by atoms with Crippen LogP contribution in [-0.4, -0.2) is 76.4 Å². The van der Waals surface area contributed by atoms with Crippen molar-refractivity contribution >= 4 is 45.3 Å². The Morgan fingerprint density at radius 2 is 1.91 bits per heavy atom. The van der Waals surface area contributed by atoms with Gasteiger partial charge in [0.25, 0.3) is 5.56 Å². The Labute approximate surface area is 189 Å². The van der Waals surface area contributed by atoms with Gasteiger partial charge in [0.1, 0.15) is 24.1 Å². The topological polar surface area (TPSA) is 245 Å². The van der Waals surface area contributed by atoms with Crippen molar-refractivity contribution in [3.63, 3.8) is 0 Å². The maximum atomic E-state index is 12.0. The van der Waals surface area contributed by atoms with Crippen molar-refractivity contribution < 1.29 is 56.4 Å². The van der Waals surface area contributed by atoms with Gasteiger partial charge in [-0.1, -0.05) is 0 Å². The molecule has 2 aromatic heterocycles. The summed E-state index contributed by atoms with van der Waals surface area (Å²) in [5.41, 5.74) is -0.471. The lowest BCUT2D eigenvalue weighted by Crippen LogP contribution is -2.33. The normalized spacial score (nSPS) is 27.5. The zero-order valence-electron chi connectivity index (χ0n) is 16.7. The van der Waals surface area contributed by atoms with Gasteiger partial charge in [0.15, 0.2) is 17.4 Å². The van der Waals surface area contributed by atoms with Crippen LogP contribution in [0.3, 0.4) is 0 Å². The molecule has 17 nitrogen and oxygen atoms in total. The zero-order valence-corrected chi connectivity index (χ0v) is 20.2. The van der Waals surface area contributed by atoms with Crippen molar-refractivity contribution in [1.82, 2.24) is 19.5 Å². The Hall–Kier alpha value is -0.940. The van der Waals surface area contributed by atoms with E-state index in [9.17, 15) is 29.0 Å². The molecule has 0 radical (unpaired) electrons. The van der Waals surface area contributed by atoms with Crippen LogP contribution in [0.15, 0.2) is 11.1 Å². The summed E-state index contributed by atoms with van der Waals surface area (Å²) in [5, 5.41) is 20.8. The van der Waals surface area contributed by atoms with E-state index in [-0.39, 0.29) is 17.0 Å². The first-order chi connectivity index (χ1) is 15.1. The number of hydrogen-bond donors (Lipinski definition) is 6. The molecule has 3 rings (SSSR count). The van der Waals surface area contributed by atoms with Crippen molar-refractivity contribution in [2.75, 3.05) is 13.7 Å². The van der Waals surface area contributed by atoms with Gasteiger partial charge in [-0.2, -0.15) is 4.31 Å². The van der Waals surface area contributed by atoms with Crippen LogP contribution in [0.5, 0.6) is 0 Å². The SMILES string of the molecule is COP(=S)(OC[C@H]1O[C@@H](n2cnc3c(=O)[nH]c(C)nc32)C(O)[C@H]1O)OP(=O)(O)OP(=O)(O)O. The molecular weight excluding hydrogens is 533 g/mol. The summed E-state index contributed by atoms with van der Waals surface area (Å²) in [6.07, 6.45) is -4.47.